The summed E-state index contributed by atoms with van der Waals surface area (Å²) >= 11 is 0. The number of methoxy groups -OCH3 is 1. The number of halogens is 3. The average Bonchev–Trinajstić information content (AvgIpc) is 2.45. The minimum Gasteiger partial charge on any atom is -0.453 e. The van der Waals surface area contributed by atoms with Gasteiger partial charge in [-0.3, -0.25) is 10.1 Å². The normalized spacial score (nSPS) is 12.4. The largest absolute Gasteiger partial charge is 0.453 e. The van der Waals surface area contributed by atoms with E-state index in [0.717, 1.165) is 13.2 Å². The fraction of sp³-hybridized carbons (Fsp3) is 0.429. The molecule has 0 radical (unpaired) electrons. The lowest BCUT2D eigenvalue weighted by Crippen LogP contribution is -2.35. The van der Waals surface area contributed by atoms with E-state index < -0.39 is 29.8 Å². The first-order chi connectivity index (χ1) is 10.3. The van der Waals surface area contributed by atoms with Gasteiger partial charge in [0.15, 0.2) is 0 Å². The van der Waals surface area contributed by atoms with Crippen molar-refractivity contribution in [3.8, 4) is 0 Å². The van der Waals surface area contributed by atoms with Gasteiger partial charge in [0.1, 0.15) is 0 Å². The molecule has 0 aromatic heterocycles. The second kappa shape index (κ2) is 7.67. The Kier molecular flexibility index (Phi) is 6.21. The van der Waals surface area contributed by atoms with Crippen LogP contribution in [0.1, 0.15) is 25.3 Å². The maximum Gasteiger partial charge on any atom is 0.418 e. The monoisotopic (exact) mass is 318 g/mol. The van der Waals surface area contributed by atoms with Crippen molar-refractivity contribution in [2.45, 2.75) is 32.0 Å². The van der Waals surface area contributed by atoms with Gasteiger partial charge in [-0.2, -0.15) is 13.2 Å². The molecule has 22 heavy (non-hydrogen) atoms. The smallest absolute Gasteiger partial charge is 0.418 e. The van der Waals surface area contributed by atoms with Gasteiger partial charge < -0.3 is 10.1 Å². The summed E-state index contributed by atoms with van der Waals surface area (Å²) in [7, 11) is 1.11. The molecule has 1 atom stereocenters. The highest BCUT2D eigenvalue weighted by Gasteiger charge is 2.33. The Morgan fingerprint density at radius 2 is 1.91 bits per heavy atom. The summed E-state index contributed by atoms with van der Waals surface area (Å²) in [4.78, 5) is 22.5. The van der Waals surface area contributed by atoms with Gasteiger partial charge in [0.25, 0.3) is 0 Å². The van der Waals surface area contributed by atoms with Gasteiger partial charge in [-0.05, 0) is 18.6 Å². The topological polar surface area (TPSA) is 67.4 Å². The van der Waals surface area contributed by atoms with Crippen LogP contribution in [-0.4, -0.2) is 25.2 Å². The van der Waals surface area contributed by atoms with Crippen LogP contribution in [0.2, 0.25) is 0 Å². The van der Waals surface area contributed by atoms with Gasteiger partial charge in [-0.1, -0.05) is 19.1 Å². The molecule has 2 N–H and O–H groups in total. The van der Waals surface area contributed by atoms with Crippen molar-refractivity contribution in [1.29, 1.82) is 0 Å². The Balaban J connectivity index is 2.79. The molecule has 2 amide bonds. The molecule has 0 heterocycles. The summed E-state index contributed by atoms with van der Waals surface area (Å²) in [5.74, 6) is -0.629. The molecule has 1 rings (SSSR count). The molecule has 5 nitrogen and oxygen atoms in total. The summed E-state index contributed by atoms with van der Waals surface area (Å²) in [6.07, 6.45) is -5.15. The fourth-order valence-corrected chi connectivity index (χ4v) is 1.81. The number of ether oxygens (including phenoxy) is 1. The molecule has 0 aliphatic rings. The van der Waals surface area contributed by atoms with E-state index in [1.165, 1.54) is 18.2 Å². The van der Waals surface area contributed by atoms with Crippen LogP contribution < -0.4 is 10.6 Å². The van der Waals surface area contributed by atoms with Crippen LogP contribution in [0.3, 0.4) is 0 Å². The second-order valence-electron chi connectivity index (χ2n) is 4.54. The zero-order valence-corrected chi connectivity index (χ0v) is 12.2. The molecule has 0 fully saturated rings. The number of imide groups is 1. The lowest BCUT2D eigenvalue weighted by molar-refractivity contribution is -0.137. The van der Waals surface area contributed by atoms with Crippen molar-refractivity contribution in [2.75, 3.05) is 12.4 Å². The van der Waals surface area contributed by atoms with Gasteiger partial charge in [-0.25, -0.2) is 4.79 Å². The van der Waals surface area contributed by atoms with E-state index in [4.69, 9.17) is 0 Å². The van der Waals surface area contributed by atoms with E-state index in [9.17, 15) is 22.8 Å². The van der Waals surface area contributed by atoms with E-state index in [1.54, 1.807) is 6.92 Å². The highest BCUT2D eigenvalue weighted by molar-refractivity contribution is 5.92. The molecule has 0 saturated carbocycles. The molecule has 122 valence electrons. The number of amides is 2. The number of anilines is 1. The van der Waals surface area contributed by atoms with Crippen molar-refractivity contribution < 1.29 is 27.5 Å². The van der Waals surface area contributed by atoms with Crippen LogP contribution in [0.25, 0.3) is 0 Å². The summed E-state index contributed by atoms with van der Waals surface area (Å²) < 4.78 is 43.0. The molecule has 8 heteroatoms. The number of benzene rings is 1. The van der Waals surface area contributed by atoms with Gasteiger partial charge >= 0.3 is 12.3 Å². The van der Waals surface area contributed by atoms with Crippen molar-refractivity contribution in [1.82, 2.24) is 5.32 Å². The van der Waals surface area contributed by atoms with E-state index >= 15 is 0 Å². The fourth-order valence-electron chi connectivity index (χ4n) is 1.81. The number of hydrogen-bond acceptors (Lipinski definition) is 4. The zero-order chi connectivity index (χ0) is 16.8. The van der Waals surface area contributed by atoms with Crippen LogP contribution >= 0.6 is 0 Å². The minimum atomic E-state index is -4.49. The molecule has 1 aromatic rings. The summed E-state index contributed by atoms with van der Waals surface area (Å²) in [6.45, 7) is 1.72. The number of alkyl halides is 3. The predicted molar refractivity (Wildman–Crippen MR) is 74.3 cm³/mol. The third kappa shape index (κ3) is 5.27. The Hall–Kier alpha value is -2.25. The average molecular weight is 318 g/mol. The molecule has 0 saturated heterocycles. The van der Waals surface area contributed by atoms with Gasteiger partial charge in [0.2, 0.25) is 5.91 Å². The molecule has 0 aliphatic carbocycles. The maximum absolute atomic E-state index is 12.9. The number of alkyl carbamates (subject to hydrolysis) is 1. The molecule has 1 aromatic carbocycles. The minimum absolute atomic E-state index is 0.104. The summed E-state index contributed by atoms with van der Waals surface area (Å²) in [5, 5.41) is 4.66. The Morgan fingerprint density at radius 1 is 1.27 bits per heavy atom. The third-order valence-corrected chi connectivity index (χ3v) is 2.94. The maximum atomic E-state index is 12.9. The lowest BCUT2D eigenvalue weighted by Gasteiger charge is -2.20. The Labute approximate surface area is 125 Å². The first-order valence-corrected chi connectivity index (χ1v) is 6.58. The number of para-hydroxylation sites is 1. The third-order valence-electron chi connectivity index (χ3n) is 2.94. The molecule has 0 unspecified atom stereocenters. The summed E-state index contributed by atoms with van der Waals surface area (Å²) in [6, 6.07) is 4.47. The zero-order valence-electron chi connectivity index (χ0n) is 12.2. The lowest BCUT2D eigenvalue weighted by atomic mass is 10.1. The van der Waals surface area contributed by atoms with E-state index in [1.807, 2.05) is 5.32 Å². The highest BCUT2D eigenvalue weighted by Crippen LogP contribution is 2.35. The number of nitrogens with one attached hydrogen (secondary N) is 2. The van der Waals surface area contributed by atoms with Crippen molar-refractivity contribution in [3.05, 3.63) is 29.8 Å². The number of rotatable bonds is 5. The SMILES string of the molecule is CC[C@H](CC(=O)NC(=O)OC)Nc1ccccc1C(F)(F)F. The van der Waals surface area contributed by atoms with Crippen LogP contribution in [0, 0.1) is 0 Å². The first-order valence-electron chi connectivity index (χ1n) is 6.58. The van der Waals surface area contributed by atoms with Crippen LogP contribution in [0.15, 0.2) is 24.3 Å². The Bertz CT molecular complexity index is 532. The van der Waals surface area contributed by atoms with Crippen molar-refractivity contribution >= 4 is 17.7 Å². The number of carbonyl (C=O) groups excluding carboxylic acids is 2. The first kappa shape index (κ1) is 17.8. The van der Waals surface area contributed by atoms with Crippen LogP contribution in [0.4, 0.5) is 23.7 Å². The molecular formula is C14H17F3N2O3. The van der Waals surface area contributed by atoms with Gasteiger partial charge in [-0.15, -0.1) is 0 Å². The molecule has 0 aliphatic heterocycles. The second-order valence-corrected chi connectivity index (χ2v) is 4.54. The van der Waals surface area contributed by atoms with Gasteiger partial charge in [0, 0.05) is 18.2 Å². The predicted octanol–water partition coefficient (Wildman–Crippen LogP) is 3.17. The van der Waals surface area contributed by atoms with E-state index in [-0.39, 0.29) is 12.1 Å². The van der Waals surface area contributed by atoms with Crippen LogP contribution in [0.5, 0.6) is 0 Å². The van der Waals surface area contributed by atoms with E-state index in [2.05, 4.69) is 10.1 Å². The van der Waals surface area contributed by atoms with Crippen molar-refractivity contribution in [3.63, 3.8) is 0 Å². The molecule has 0 bridgehead atoms. The molecule has 0 spiro atoms. The highest BCUT2D eigenvalue weighted by atomic mass is 19.4. The van der Waals surface area contributed by atoms with Crippen molar-refractivity contribution in [2.24, 2.45) is 0 Å². The quantitative estimate of drug-likeness (QED) is 0.875. The van der Waals surface area contributed by atoms with Gasteiger partial charge in [0.05, 0.1) is 12.7 Å². The number of carbonyl (C=O) groups is 2. The summed E-state index contributed by atoms with van der Waals surface area (Å²) in [5.41, 5.74) is -0.908. The van der Waals surface area contributed by atoms with E-state index in [0.29, 0.717) is 6.42 Å². The van der Waals surface area contributed by atoms with Crippen LogP contribution in [-0.2, 0) is 15.7 Å². The molecular weight excluding hydrogens is 301 g/mol. The number of hydrogen-bond donors (Lipinski definition) is 2. The Morgan fingerprint density at radius 3 is 2.45 bits per heavy atom. The standard InChI is InChI=1S/C14H17F3N2O3/c1-3-9(8-12(20)19-13(21)22-2)18-11-7-5-4-6-10(11)14(15,16)17/h4-7,9,18H,3,8H2,1-2H3,(H,19,20,21)/t9-/m1/s1.